The van der Waals surface area contributed by atoms with E-state index >= 15 is 0 Å². The summed E-state index contributed by atoms with van der Waals surface area (Å²) in [5, 5.41) is 4.03. The molecule has 0 unspecified atom stereocenters. The van der Waals surface area contributed by atoms with Gasteiger partial charge in [0.25, 0.3) is 0 Å². The fraction of sp³-hybridized carbons (Fsp3) is 0.333. The summed E-state index contributed by atoms with van der Waals surface area (Å²) in [5.41, 5.74) is 1.10. The second-order valence-electron chi connectivity index (χ2n) is 4.86. The molecular formula is C15H16N2O2S. The Morgan fingerprint density at radius 2 is 2.25 bits per heavy atom. The lowest BCUT2D eigenvalue weighted by atomic mass is 10.2. The molecular weight excluding hydrogens is 272 g/mol. The number of thiophene rings is 1. The van der Waals surface area contributed by atoms with Crippen LogP contribution in [0.4, 0.5) is 0 Å². The number of carbonyl (C=O) groups excluding carboxylic acids is 1. The van der Waals surface area contributed by atoms with Gasteiger partial charge in [0, 0.05) is 25.4 Å². The number of nitrogens with zero attached hydrogens (tertiary/aromatic N) is 2. The molecule has 5 heteroatoms. The molecule has 3 rings (SSSR count). The summed E-state index contributed by atoms with van der Waals surface area (Å²) in [6.07, 6.45) is 4.89. The summed E-state index contributed by atoms with van der Waals surface area (Å²) in [4.78, 5) is 18.0. The van der Waals surface area contributed by atoms with Gasteiger partial charge in [0.05, 0.1) is 13.0 Å². The number of carbonyl (C=O) groups is 1. The van der Waals surface area contributed by atoms with Crippen LogP contribution in [0.25, 0.3) is 0 Å². The Bertz CT molecular complexity index is 557. The van der Waals surface area contributed by atoms with Crippen LogP contribution in [0.2, 0.25) is 0 Å². The van der Waals surface area contributed by atoms with Crippen molar-refractivity contribution in [1.29, 1.82) is 0 Å². The van der Waals surface area contributed by atoms with Gasteiger partial charge in [0.15, 0.2) is 0 Å². The zero-order valence-electron chi connectivity index (χ0n) is 11.1. The second kappa shape index (κ2) is 6.05. The first-order valence-corrected chi connectivity index (χ1v) is 7.61. The van der Waals surface area contributed by atoms with E-state index in [0.717, 1.165) is 24.3 Å². The SMILES string of the molecule is O=C(Cc1ccsc1)N1CC[C@H](Oc2ccncc2)C1. The van der Waals surface area contributed by atoms with Crippen molar-refractivity contribution in [2.24, 2.45) is 0 Å². The molecule has 0 radical (unpaired) electrons. The van der Waals surface area contributed by atoms with Crippen molar-refractivity contribution in [2.45, 2.75) is 18.9 Å². The highest BCUT2D eigenvalue weighted by Crippen LogP contribution is 2.18. The summed E-state index contributed by atoms with van der Waals surface area (Å²) < 4.78 is 5.86. The molecule has 0 bridgehead atoms. The van der Waals surface area contributed by atoms with Gasteiger partial charge < -0.3 is 9.64 Å². The van der Waals surface area contributed by atoms with Crippen molar-refractivity contribution >= 4 is 17.2 Å². The Morgan fingerprint density at radius 1 is 1.40 bits per heavy atom. The van der Waals surface area contributed by atoms with Gasteiger partial charge >= 0.3 is 0 Å². The van der Waals surface area contributed by atoms with E-state index in [0.29, 0.717) is 13.0 Å². The van der Waals surface area contributed by atoms with E-state index in [4.69, 9.17) is 4.74 Å². The fourth-order valence-electron chi connectivity index (χ4n) is 2.34. The van der Waals surface area contributed by atoms with Gasteiger partial charge in [-0.05, 0) is 34.5 Å². The van der Waals surface area contributed by atoms with Crippen molar-refractivity contribution < 1.29 is 9.53 Å². The van der Waals surface area contributed by atoms with Crippen LogP contribution in [-0.4, -0.2) is 35.0 Å². The minimum absolute atomic E-state index is 0.0869. The van der Waals surface area contributed by atoms with Crippen LogP contribution < -0.4 is 4.74 Å². The van der Waals surface area contributed by atoms with Crippen molar-refractivity contribution in [1.82, 2.24) is 9.88 Å². The number of likely N-dealkylation sites (tertiary alicyclic amines) is 1. The Kier molecular flexibility index (Phi) is 3.97. The first-order valence-electron chi connectivity index (χ1n) is 6.67. The Hall–Kier alpha value is -1.88. The van der Waals surface area contributed by atoms with E-state index in [1.807, 2.05) is 33.9 Å². The van der Waals surface area contributed by atoms with Gasteiger partial charge in [0.2, 0.25) is 5.91 Å². The second-order valence-corrected chi connectivity index (χ2v) is 5.64. The molecule has 2 aromatic rings. The molecule has 4 nitrogen and oxygen atoms in total. The van der Waals surface area contributed by atoms with Gasteiger partial charge in [0.1, 0.15) is 11.9 Å². The predicted octanol–water partition coefficient (Wildman–Crippen LogP) is 2.37. The zero-order chi connectivity index (χ0) is 13.8. The number of ether oxygens (including phenoxy) is 1. The molecule has 20 heavy (non-hydrogen) atoms. The van der Waals surface area contributed by atoms with Crippen molar-refractivity contribution in [2.75, 3.05) is 13.1 Å². The highest BCUT2D eigenvalue weighted by molar-refractivity contribution is 7.07. The summed E-state index contributed by atoms with van der Waals surface area (Å²) in [6, 6.07) is 5.69. The first kappa shape index (κ1) is 13.1. The van der Waals surface area contributed by atoms with Crippen LogP contribution in [0.3, 0.4) is 0 Å². The zero-order valence-corrected chi connectivity index (χ0v) is 11.9. The third kappa shape index (κ3) is 3.17. The maximum absolute atomic E-state index is 12.2. The highest BCUT2D eigenvalue weighted by atomic mass is 32.1. The number of rotatable bonds is 4. The van der Waals surface area contributed by atoms with E-state index in [2.05, 4.69) is 4.98 Å². The Morgan fingerprint density at radius 3 is 3.00 bits per heavy atom. The maximum atomic E-state index is 12.2. The Labute approximate surface area is 122 Å². The summed E-state index contributed by atoms with van der Waals surface area (Å²) in [6.45, 7) is 1.45. The fourth-order valence-corrected chi connectivity index (χ4v) is 3.01. The molecule has 104 valence electrons. The molecule has 1 aliphatic heterocycles. The van der Waals surface area contributed by atoms with E-state index in [1.54, 1.807) is 23.7 Å². The largest absolute Gasteiger partial charge is 0.488 e. The third-order valence-corrected chi connectivity index (χ3v) is 4.12. The summed E-state index contributed by atoms with van der Waals surface area (Å²) in [7, 11) is 0. The molecule has 1 atom stereocenters. The van der Waals surface area contributed by atoms with E-state index < -0.39 is 0 Å². The molecule has 0 spiro atoms. The number of amides is 1. The quantitative estimate of drug-likeness (QED) is 0.867. The molecule has 3 heterocycles. The van der Waals surface area contributed by atoms with Crippen LogP contribution in [0.1, 0.15) is 12.0 Å². The molecule has 0 N–H and O–H groups in total. The number of hydrogen-bond acceptors (Lipinski definition) is 4. The van der Waals surface area contributed by atoms with Gasteiger partial charge in [-0.25, -0.2) is 0 Å². The number of aromatic nitrogens is 1. The highest BCUT2D eigenvalue weighted by Gasteiger charge is 2.27. The Balaban J connectivity index is 1.53. The minimum atomic E-state index is 0.0869. The van der Waals surface area contributed by atoms with Crippen LogP contribution in [-0.2, 0) is 11.2 Å². The molecule has 1 fully saturated rings. The number of pyridine rings is 1. The minimum Gasteiger partial charge on any atom is -0.488 e. The third-order valence-electron chi connectivity index (χ3n) is 3.39. The van der Waals surface area contributed by atoms with Gasteiger partial charge in [-0.15, -0.1) is 0 Å². The van der Waals surface area contributed by atoms with Crippen LogP contribution >= 0.6 is 11.3 Å². The van der Waals surface area contributed by atoms with Crippen LogP contribution in [0, 0.1) is 0 Å². The lowest BCUT2D eigenvalue weighted by molar-refractivity contribution is -0.129. The number of hydrogen-bond donors (Lipinski definition) is 0. The molecule has 0 aliphatic carbocycles. The molecule has 2 aromatic heterocycles. The summed E-state index contributed by atoms with van der Waals surface area (Å²) >= 11 is 1.63. The average molecular weight is 288 g/mol. The van der Waals surface area contributed by atoms with Crippen LogP contribution in [0.15, 0.2) is 41.4 Å². The van der Waals surface area contributed by atoms with Gasteiger partial charge in [-0.3, -0.25) is 9.78 Å². The van der Waals surface area contributed by atoms with Crippen LogP contribution in [0.5, 0.6) is 5.75 Å². The average Bonchev–Trinajstić information content (AvgIpc) is 3.11. The van der Waals surface area contributed by atoms with Gasteiger partial charge in [-0.2, -0.15) is 11.3 Å². The van der Waals surface area contributed by atoms with E-state index in [1.165, 1.54) is 0 Å². The molecule has 0 aromatic carbocycles. The monoisotopic (exact) mass is 288 g/mol. The lowest BCUT2D eigenvalue weighted by Crippen LogP contribution is -2.32. The molecule has 1 saturated heterocycles. The predicted molar refractivity (Wildman–Crippen MR) is 77.9 cm³/mol. The maximum Gasteiger partial charge on any atom is 0.227 e. The lowest BCUT2D eigenvalue weighted by Gasteiger charge is -2.17. The topological polar surface area (TPSA) is 42.4 Å². The van der Waals surface area contributed by atoms with Crippen molar-refractivity contribution in [3.63, 3.8) is 0 Å². The molecule has 1 aliphatic rings. The summed E-state index contributed by atoms with van der Waals surface area (Å²) in [5.74, 6) is 1.00. The van der Waals surface area contributed by atoms with Crippen molar-refractivity contribution in [3.05, 3.63) is 46.9 Å². The van der Waals surface area contributed by atoms with E-state index in [-0.39, 0.29) is 12.0 Å². The smallest absolute Gasteiger partial charge is 0.227 e. The first-order chi connectivity index (χ1) is 9.81. The normalized spacial score (nSPS) is 18.2. The molecule has 0 saturated carbocycles. The van der Waals surface area contributed by atoms with Gasteiger partial charge in [-0.1, -0.05) is 0 Å². The van der Waals surface area contributed by atoms with Crippen molar-refractivity contribution in [3.8, 4) is 5.75 Å². The standard InChI is InChI=1S/C15H16N2O2S/c18-15(9-12-4-8-20-11-12)17-7-3-14(10-17)19-13-1-5-16-6-2-13/h1-2,4-6,8,11,14H,3,7,9-10H2/t14-/m0/s1. The molecule has 1 amide bonds. The van der Waals surface area contributed by atoms with E-state index in [9.17, 15) is 4.79 Å².